The van der Waals surface area contributed by atoms with Crippen molar-refractivity contribution in [3.05, 3.63) is 59.9 Å². The molecule has 2 aromatic rings. The van der Waals surface area contributed by atoms with Crippen molar-refractivity contribution in [1.29, 1.82) is 0 Å². The fraction of sp³-hybridized carbons (Fsp3) is 0.381. The van der Waals surface area contributed by atoms with Gasteiger partial charge in [0.1, 0.15) is 11.9 Å². The summed E-state index contributed by atoms with van der Waals surface area (Å²) in [7, 11) is 0. The van der Waals surface area contributed by atoms with Gasteiger partial charge in [0.15, 0.2) is 0 Å². The summed E-state index contributed by atoms with van der Waals surface area (Å²) < 4.78 is 13.1. The SMILES string of the molecule is CCc1ccc(NC(C)C(=O)N2CCN(c3ccc(F)cc3)CC2)cc1. The number of hydrogen-bond donors (Lipinski definition) is 1. The Bertz CT molecular complexity index is 722. The molecule has 26 heavy (non-hydrogen) atoms. The van der Waals surface area contributed by atoms with Crippen molar-refractivity contribution in [2.24, 2.45) is 0 Å². The third-order valence-electron chi connectivity index (χ3n) is 4.90. The molecule has 0 aromatic heterocycles. The van der Waals surface area contributed by atoms with E-state index in [0.29, 0.717) is 13.1 Å². The van der Waals surface area contributed by atoms with Gasteiger partial charge >= 0.3 is 0 Å². The molecule has 1 N–H and O–H groups in total. The predicted molar refractivity (Wildman–Crippen MR) is 104 cm³/mol. The first-order valence-electron chi connectivity index (χ1n) is 9.21. The highest BCUT2D eigenvalue weighted by Gasteiger charge is 2.25. The van der Waals surface area contributed by atoms with Gasteiger partial charge in [-0.25, -0.2) is 4.39 Å². The monoisotopic (exact) mass is 355 g/mol. The highest BCUT2D eigenvalue weighted by molar-refractivity contribution is 5.84. The number of nitrogens with one attached hydrogen (secondary N) is 1. The van der Waals surface area contributed by atoms with Crippen molar-refractivity contribution < 1.29 is 9.18 Å². The number of benzene rings is 2. The Hall–Kier alpha value is -2.56. The molecule has 0 spiro atoms. The van der Waals surface area contributed by atoms with Gasteiger partial charge in [-0.1, -0.05) is 19.1 Å². The number of piperazine rings is 1. The van der Waals surface area contributed by atoms with Crippen LogP contribution >= 0.6 is 0 Å². The predicted octanol–water partition coefficient (Wildman–Crippen LogP) is 3.54. The van der Waals surface area contributed by atoms with E-state index in [0.717, 1.165) is 30.9 Å². The van der Waals surface area contributed by atoms with Crippen LogP contribution in [0.15, 0.2) is 48.5 Å². The molecule has 0 saturated carbocycles. The van der Waals surface area contributed by atoms with E-state index < -0.39 is 0 Å². The fourth-order valence-electron chi connectivity index (χ4n) is 3.26. The van der Waals surface area contributed by atoms with Gasteiger partial charge in [-0.3, -0.25) is 4.79 Å². The van der Waals surface area contributed by atoms with Gasteiger partial charge in [-0.05, 0) is 55.3 Å². The first-order valence-corrected chi connectivity index (χ1v) is 9.21. The van der Waals surface area contributed by atoms with Crippen molar-refractivity contribution in [2.45, 2.75) is 26.3 Å². The Kier molecular flexibility index (Phi) is 5.76. The van der Waals surface area contributed by atoms with Crippen LogP contribution < -0.4 is 10.2 Å². The molecule has 1 fully saturated rings. The van der Waals surface area contributed by atoms with Gasteiger partial charge in [-0.2, -0.15) is 0 Å². The molecule has 1 amide bonds. The van der Waals surface area contributed by atoms with Gasteiger partial charge in [0, 0.05) is 37.6 Å². The summed E-state index contributed by atoms with van der Waals surface area (Å²) in [5, 5.41) is 3.29. The lowest BCUT2D eigenvalue weighted by molar-refractivity contribution is -0.131. The molecule has 1 aliphatic heterocycles. The zero-order valence-corrected chi connectivity index (χ0v) is 15.4. The van der Waals surface area contributed by atoms with Crippen LogP contribution in [0.2, 0.25) is 0 Å². The highest BCUT2D eigenvalue weighted by Crippen LogP contribution is 2.18. The maximum absolute atomic E-state index is 13.1. The molecule has 0 bridgehead atoms. The smallest absolute Gasteiger partial charge is 0.244 e. The largest absolute Gasteiger partial charge is 0.374 e. The molecule has 1 atom stereocenters. The second-order valence-electron chi connectivity index (χ2n) is 6.71. The number of halogens is 1. The summed E-state index contributed by atoms with van der Waals surface area (Å²) >= 11 is 0. The maximum atomic E-state index is 13.1. The number of aryl methyl sites for hydroxylation is 1. The van der Waals surface area contributed by atoms with E-state index in [9.17, 15) is 9.18 Å². The lowest BCUT2D eigenvalue weighted by Gasteiger charge is -2.37. The molecule has 1 unspecified atom stereocenters. The number of carbonyl (C=O) groups is 1. The molecule has 0 radical (unpaired) electrons. The second-order valence-corrected chi connectivity index (χ2v) is 6.71. The van der Waals surface area contributed by atoms with E-state index in [1.54, 1.807) is 12.1 Å². The number of nitrogens with zero attached hydrogens (tertiary/aromatic N) is 2. The molecular formula is C21H26FN3O. The molecule has 5 heteroatoms. The number of hydrogen-bond acceptors (Lipinski definition) is 3. The van der Waals surface area contributed by atoms with Crippen molar-refractivity contribution in [1.82, 2.24) is 4.90 Å². The number of carbonyl (C=O) groups excluding carboxylic acids is 1. The van der Waals surface area contributed by atoms with E-state index in [-0.39, 0.29) is 17.8 Å². The highest BCUT2D eigenvalue weighted by atomic mass is 19.1. The first-order chi connectivity index (χ1) is 12.6. The van der Waals surface area contributed by atoms with Gasteiger partial charge in [0.25, 0.3) is 0 Å². The van der Waals surface area contributed by atoms with Crippen LogP contribution in [0.4, 0.5) is 15.8 Å². The van der Waals surface area contributed by atoms with Crippen LogP contribution in [-0.4, -0.2) is 43.0 Å². The molecule has 1 heterocycles. The lowest BCUT2D eigenvalue weighted by atomic mass is 10.1. The third-order valence-corrected chi connectivity index (χ3v) is 4.90. The minimum absolute atomic E-state index is 0.114. The summed E-state index contributed by atoms with van der Waals surface area (Å²) in [6.45, 7) is 6.90. The molecule has 3 rings (SSSR count). The summed E-state index contributed by atoms with van der Waals surface area (Å²) in [5.41, 5.74) is 3.25. The molecule has 2 aromatic carbocycles. The standard InChI is InChI=1S/C21H26FN3O/c1-3-17-4-8-19(9-5-17)23-16(2)21(26)25-14-12-24(13-15-25)20-10-6-18(22)7-11-20/h4-11,16,23H,3,12-15H2,1-2H3. The van der Waals surface area contributed by atoms with Gasteiger partial charge in [0.2, 0.25) is 5.91 Å². The number of rotatable bonds is 5. The normalized spacial score (nSPS) is 15.7. The third kappa shape index (κ3) is 4.34. The number of amides is 1. The van der Waals surface area contributed by atoms with Crippen molar-refractivity contribution in [3.63, 3.8) is 0 Å². The Morgan fingerprint density at radius 2 is 1.65 bits per heavy atom. The van der Waals surface area contributed by atoms with E-state index in [4.69, 9.17) is 0 Å². The second kappa shape index (κ2) is 8.21. The summed E-state index contributed by atoms with van der Waals surface area (Å²) in [6.07, 6.45) is 1.01. The summed E-state index contributed by atoms with van der Waals surface area (Å²) in [5.74, 6) is -0.113. The molecule has 1 saturated heterocycles. The van der Waals surface area contributed by atoms with Crippen molar-refractivity contribution in [2.75, 3.05) is 36.4 Å². The quantitative estimate of drug-likeness (QED) is 0.891. The Labute approximate surface area is 154 Å². The van der Waals surface area contributed by atoms with E-state index in [1.807, 2.05) is 24.0 Å². The maximum Gasteiger partial charge on any atom is 0.244 e. The Morgan fingerprint density at radius 1 is 1.04 bits per heavy atom. The van der Waals surface area contributed by atoms with E-state index in [2.05, 4.69) is 29.3 Å². The zero-order valence-electron chi connectivity index (χ0n) is 15.4. The van der Waals surface area contributed by atoms with Crippen LogP contribution in [0.1, 0.15) is 19.4 Å². The zero-order chi connectivity index (χ0) is 18.5. The average Bonchev–Trinajstić information content (AvgIpc) is 2.69. The van der Waals surface area contributed by atoms with Gasteiger partial charge < -0.3 is 15.1 Å². The molecule has 0 aliphatic carbocycles. The van der Waals surface area contributed by atoms with Crippen LogP contribution in [0.5, 0.6) is 0 Å². The van der Waals surface area contributed by atoms with E-state index in [1.165, 1.54) is 17.7 Å². The topological polar surface area (TPSA) is 35.6 Å². The van der Waals surface area contributed by atoms with Crippen LogP contribution in [0, 0.1) is 5.82 Å². The van der Waals surface area contributed by atoms with E-state index >= 15 is 0 Å². The first kappa shape index (κ1) is 18.2. The fourth-order valence-corrected chi connectivity index (χ4v) is 3.26. The van der Waals surface area contributed by atoms with Crippen molar-refractivity contribution in [3.8, 4) is 0 Å². The molecule has 1 aliphatic rings. The Balaban J connectivity index is 1.52. The van der Waals surface area contributed by atoms with Gasteiger partial charge in [0.05, 0.1) is 0 Å². The minimum atomic E-state index is -0.264. The Morgan fingerprint density at radius 3 is 2.23 bits per heavy atom. The molecular weight excluding hydrogens is 329 g/mol. The average molecular weight is 355 g/mol. The summed E-state index contributed by atoms with van der Waals surface area (Å²) in [4.78, 5) is 16.8. The number of anilines is 2. The minimum Gasteiger partial charge on any atom is -0.374 e. The van der Waals surface area contributed by atoms with Crippen LogP contribution in [0.25, 0.3) is 0 Å². The van der Waals surface area contributed by atoms with Crippen molar-refractivity contribution >= 4 is 17.3 Å². The molecule has 4 nitrogen and oxygen atoms in total. The summed E-state index contributed by atoms with van der Waals surface area (Å²) in [6, 6.07) is 14.5. The van der Waals surface area contributed by atoms with Crippen LogP contribution in [-0.2, 0) is 11.2 Å². The van der Waals surface area contributed by atoms with Gasteiger partial charge in [-0.15, -0.1) is 0 Å². The van der Waals surface area contributed by atoms with Crippen LogP contribution in [0.3, 0.4) is 0 Å². The lowest BCUT2D eigenvalue weighted by Crippen LogP contribution is -2.52. The molecule has 138 valence electrons.